The van der Waals surface area contributed by atoms with Gasteiger partial charge in [-0.2, -0.15) is 0 Å². The summed E-state index contributed by atoms with van der Waals surface area (Å²) in [6, 6.07) is 0. The van der Waals surface area contributed by atoms with E-state index in [1.807, 2.05) is 26.4 Å². The van der Waals surface area contributed by atoms with Gasteiger partial charge in [0, 0.05) is 19.1 Å². The fourth-order valence-electron chi connectivity index (χ4n) is 5.71. The maximum Gasteiger partial charge on any atom is 0.331 e. The van der Waals surface area contributed by atoms with E-state index in [0.717, 1.165) is 12.8 Å². The lowest BCUT2D eigenvalue weighted by Gasteiger charge is -2.37. The Bertz CT molecular complexity index is 889. The minimum atomic E-state index is -0.229. The molecule has 180 valence electrons. The van der Waals surface area contributed by atoms with Crippen LogP contribution < -0.4 is 0 Å². The van der Waals surface area contributed by atoms with E-state index < -0.39 is 0 Å². The van der Waals surface area contributed by atoms with Crippen molar-refractivity contribution in [2.75, 3.05) is 7.11 Å². The van der Waals surface area contributed by atoms with Crippen molar-refractivity contribution >= 4 is 11.9 Å². The number of allylic oxidation sites excluding steroid dienone is 1. The summed E-state index contributed by atoms with van der Waals surface area (Å²) < 4.78 is 20.7. The summed E-state index contributed by atoms with van der Waals surface area (Å²) in [5.41, 5.74) is 5.82. The highest BCUT2D eigenvalue weighted by Gasteiger charge is 2.51. The quantitative estimate of drug-likeness (QED) is 0.432. The van der Waals surface area contributed by atoms with E-state index in [1.165, 1.54) is 67.7 Å². The average molecular weight is 457 g/mol. The van der Waals surface area contributed by atoms with Crippen molar-refractivity contribution in [2.24, 2.45) is 11.8 Å². The Morgan fingerprint density at radius 3 is 2.15 bits per heavy atom. The third-order valence-electron chi connectivity index (χ3n) is 7.45. The van der Waals surface area contributed by atoms with E-state index in [4.69, 9.17) is 13.9 Å². The summed E-state index contributed by atoms with van der Waals surface area (Å²) >= 11 is 0. The first-order valence-corrected chi connectivity index (χ1v) is 12.3. The van der Waals surface area contributed by atoms with Crippen molar-refractivity contribution in [1.29, 1.82) is 0 Å². The molecule has 5 atom stereocenters. The lowest BCUT2D eigenvalue weighted by molar-refractivity contribution is -0.146. The van der Waals surface area contributed by atoms with Crippen LogP contribution in [-0.4, -0.2) is 37.4 Å². The molecule has 0 radical (unpaired) electrons. The van der Waals surface area contributed by atoms with Crippen LogP contribution >= 0.6 is 0 Å². The van der Waals surface area contributed by atoms with Gasteiger partial charge in [0.1, 0.15) is 12.2 Å². The predicted molar refractivity (Wildman–Crippen MR) is 123 cm³/mol. The second kappa shape index (κ2) is 10.7. The van der Waals surface area contributed by atoms with E-state index in [-0.39, 0.29) is 36.2 Å². The number of aryl methyl sites for hydroxylation is 2. The van der Waals surface area contributed by atoms with Crippen molar-refractivity contribution in [3.05, 3.63) is 47.0 Å². The van der Waals surface area contributed by atoms with Crippen LogP contribution in [-0.2, 0) is 36.6 Å². The van der Waals surface area contributed by atoms with Crippen molar-refractivity contribution in [3.8, 4) is 0 Å². The molecule has 6 heteroatoms. The molecule has 0 saturated carbocycles. The van der Waals surface area contributed by atoms with Crippen LogP contribution in [0.4, 0.5) is 0 Å². The Balaban J connectivity index is 0.000000135. The number of ether oxygens (including phenoxy) is 3. The van der Waals surface area contributed by atoms with Crippen LogP contribution in [0.25, 0.3) is 0 Å². The van der Waals surface area contributed by atoms with Gasteiger partial charge < -0.3 is 18.6 Å². The molecule has 5 aliphatic rings. The molecule has 6 nitrogen and oxygen atoms in total. The van der Waals surface area contributed by atoms with Gasteiger partial charge in [0.25, 0.3) is 0 Å². The Morgan fingerprint density at radius 1 is 0.909 bits per heavy atom. The van der Waals surface area contributed by atoms with Gasteiger partial charge in [-0.25, -0.2) is 4.79 Å². The lowest BCUT2D eigenvalue weighted by Crippen LogP contribution is -2.39. The zero-order valence-corrected chi connectivity index (χ0v) is 20.0. The van der Waals surface area contributed by atoms with E-state index in [0.29, 0.717) is 5.92 Å². The topological polar surface area (TPSA) is 75.0 Å². The summed E-state index contributed by atoms with van der Waals surface area (Å²) in [5.74, 6) is 0.00937. The lowest BCUT2D eigenvalue weighted by atomic mass is 9.69. The summed E-state index contributed by atoms with van der Waals surface area (Å²) in [6.07, 6.45) is 18.0. The van der Waals surface area contributed by atoms with Gasteiger partial charge in [-0.05, 0) is 94.4 Å². The third kappa shape index (κ3) is 5.43. The number of methoxy groups -OCH3 is 1. The van der Waals surface area contributed by atoms with Gasteiger partial charge in [-0.1, -0.05) is 5.57 Å². The molecule has 1 aromatic rings. The second-order valence-corrected chi connectivity index (χ2v) is 9.66. The van der Waals surface area contributed by atoms with Crippen LogP contribution in [0.5, 0.6) is 0 Å². The first-order chi connectivity index (χ1) is 16.0. The van der Waals surface area contributed by atoms with Crippen molar-refractivity contribution < 1.29 is 28.2 Å². The van der Waals surface area contributed by atoms with Crippen molar-refractivity contribution in [2.45, 2.75) is 89.9 Å². The minimum Gasteiger partial charge on any atom is -0.472 e. The zero-order valence-electron chi connectivity index (χ0n) is 20.0. The van der Waals surface area contributed by atoms with Gasteiger partial charge in [0.15, 0.2) is 0 Å². The first kappa shape index (κ1) is 23.8. The molecule has 33 heavy (non-hydrogen) atoms. The fourth-order valence-corrected chi connectivity index (χ4v) is 5.71. The monoisotopic (exact) mass is 456 g/mol. The molecule has 1 aromatic heterocycles. The molecule has 0 aromatic carbocycles. The molecule has 0 amide bonds. The first-order valence-electron chi connectivity index (χ1n) is 12.3. The average Bonchev–Trinajstić information content (AvgIpc) is 3.52. The molecule has 3 aliphatic carbocycles. The minimum absolute atomic E-state index is 0.00694. The van der Waals surface area contributed by atoms with Gasteiger partial charge in [0.2, 0.25) is 0 Å². The van der Waals surface area contributed by atoms with Crippen molar-refractivity contribution in [1.82, 2.24) is 0 Å². The van der Waals surface area contributed by atoms with Crippen LogP contribution in [0.1, 0.15) is 69.9 Å². The normalized spacial score (nSPS) is 31.8. The highest BCUT2D eigenvalue weighted by atomic mass is 16.6. The molecule has 1 saturated heterocycles. The fraction of sp³-hybridized carbons (Fsp3) is 0.630. The van der Waals surface area contributed by atoms with Crippen LogP contribution in [0.3, 0.4) is 0 Å². The molecule has 0 bridgehead atoms. The van der Waals surface area contributed by atoms with Crippen LogP contribution in [0, 0.1) is 11.8 Å². The molecule has 2 aliphatic heterocycles. The number of hydrogen-bond donors (Lipinski definition) is 0. The third-order valence-corrected chi connectivity index (χ3v) is 7.45. The molecule has 0 N–H and O–H groups in total. The molecular weight excluding hydrogens is 420 g/mol. The van der Waals surface area contributed by atoms with Crippen LogP contribution in [0.15, 0.2) is 40.2 Å². The van der Waals surface area contributed by atoms with Crippen LogP contribution in [0.2, 0.25) is 0 Å². The SMILES string of the molecule is CO[C@@H]1C2=C(CCCC2)C[C@H]2[C@@H]1C(=O)O[C@@H]2C.C[C@@H]1C=CC(=O)O1.c1occ2c1CCCC2. The number of furan rings is 1. The van der Waals surface area contributed by atoms with Gasteiger partial charge in [-0.15, -0.1) is 0 Å². The summed E-state index contributed by atoms with van der Waals surface area (Å²) in [6.45, 7) is 3.84. The Kier molecular flexibility index (Phi) is 7.74. The number of carbonyl (C=O) groups is 2. The molecule has 0 unspecified atom stereocenters. The van der Waals surface area contributed by atoms with Gasteiger partial charge >= 0.3 is 11.9 Å². The number of hydrogen-bond acceptors (Lipinski definition) is 6. The summed E-state index contributed by atoms with van der Waals surface area (Å²) in [5, 5.41) is 0. The largest absolute Gasteiger partial charge is 0.472 e. The number of cyclic esters (lactones) is 2. The number of esters is 2. The molecular formula is C27H36O6. The Labute approximate surface area is 196 Å². The Hall–Kier alpha value is -2.34. The molecule has 0 spiro atoms. The van der Waals surface area contributed by atoms with E-state index in [1.54, 1.807) is 18.8 Å². The highest BCUT2D eigenvalue weighted by molar-refractivity contribution is 5.84. The van der Waals surface area contributed by atoms with Gasteiger partial charge in [0.05, 0.1) is 24.5 Å². The molecule has 6 rings (SSSR count). The number of carbonyl (C=O) groups excluding carboxylic acids is 2. The number of fused-ring (bicyclic) bond motifs is 2. The standard InChI is InChI=1S/C14H20O3.C8H10O.C5H6O2/c1-8-11-7-9-5-3-4-6-10(9)13(16-2)12(11)14(15)17-8;1-2-4-8-6-9-5-7(8)3-1;1-4-2-3-5(6)7-4/h8,11-13H,3-7H2,1-2H3;5-6H,1-4H2;2-4H,1H3/t8-,11-,12+,13-;;4-/m1.1/s1. The smallest absolute Gasteiger partial charge is 0.331 e. The van der Waals surface area contributed by atoms with E-state index in [2.05, 4.69) is 4.74 Å². The highest BCUT2D eigenvalue weighted by Crippen LogP contribution is 2.47. The van der Waals surface area contributed by atoms with E-state index in [9.17, 15) is 9.59 Å². The maximum atomic E-state index is 11.9. The Morgan fingerprint density at radius 2 is 1.58 bits per heavy atom. The maximum absolute atomic E-state index is 11.9. The second-order valence-electron chi connectivity index (χ2n) is 9.66. The van der Waals surface area contributed by atoms with Gasteiger partial charge in [-0.3, -0.25) is 4.79 Å². The van der Waals surface area contributed by atoms with E-state index >= 15 is 0 Å². The van der Waals surface area contributed by atoms with Crippen molar-refractivity contribution in [3.63, 3.8) is 0 Å². The molecule has 3 heterocycles. The zero-order chi connectivity index (χ0) is 23.4. The summed E-state index contributed by atoms with van der Waals surface area (Å²) in [7, 11) is 1.72. The molecule has 1 fully saturated rings. The number of rotatable bonds is 1. The predicted octanol–water partition coefficient (Wildman–Crippen LogP) is 5.10. The summed E-state index contributed by atoms with van der Waals surface area (Å²) in [4.78, 5) is 22.1.